The van der Waals surface area contributed by atoms with E-state index in [0.717, 1.165) is 16.7 Å². The standard InChI is InChI=1S/C18H19N3O3S/c1-11-4-5-15-16(9-11)21-18(20-15)25(23,24)10-17(22)19-14-7-12(2)6-13(3)8-14/h4-9H,10H2,1-3H3,(H,19,22)(H,20,21). The molecule has 1 aromatic heterocycles. The molecule has 25 heavy (non-hydrogen) atoms. The van der Waals surface area contributed by atoms with Gasteiger partial charge in [-0.25, -0.2) is 13.4 Å². The Morgan fingerprint density at radius 3 is 2.40 bits per heavy atom. The van der Waals surface area contributed by atoms with Crippen molar-refractivity contribution in [3.63, 3.8) is 0 Å². The predicted octanol–water partition coefficient (Wildman–Crippen LogP) is 2.90. The summed E-state index contributed by atoms with van der Waals surface area (Å²) in [6.07, 6.45) is 0. The number of nitrogens with one attached hydrogen (secondary N) is 2. The fourth-order valence-electron chi connectivity index (χ4n) is 2.73. The number of rotatable bonds is 4. The highest BCUT2D eigenvalue weighted by molar-refractivity contribution is 7.92. The molecule has 1 heterocycles. The maximum atomic E-state index is 12.5. The number of imidazole rings is 1. The molecule has 2 aromatic carbocycles. The Morgan fingerprint density at radius 2 is 1.72 bits per heavy atom. The van der Waals surface area contributed by atoms with E-state index in [1.54, 1.807) is 18.2 Å². The molecule has 6 nitrogen and oxygen atoms in total. The SMILES string of the molecule is Cc1cc(C)cc(NC(=O)CS(=O)(=O)c2nc3ccc(C)cc3[nH]2)c1. The molecular formula is C18H19N3O3S. The molecule has 0 bridgehead atoms. The Labute approximate surface area is 146 Å². The largest absolute Gasteiger partial charge is 0.329 e. The summed E-state index contributed by atoms with van der Waals surface area (Å²) in [7, 11) is -3.85. The number of nitrogens with zero attached hydrogens (tertiary/aromatic N) is 1. The van der Waals surface area contributed by atoms with E-state index in [1.807, 2.05) is 39.0 Å². The van der Waals surface area contributed by atoms with Crippen LogP contribution in [-0.2, 0) is 14.6 Å². The molecule has 0 aliphatic heterocycles. The Hall–Kier alpha value is -2.67. The van der Waals surface area contributed by atoms with Crippen molar-refractivity contribution in [1.82, 2.24) is 9.97 Å². The minimum absolute atomic E-state index is 0.191. The Morgan fingerprint density at radius 1 is 1.04 bits per heavy atom. The molecule has 0 atom stereocenters. The number of H-pyrrole nitrogens is 1. The van der Waals surface area contributed by atoms with Crippen molar-refractivity contribution in [2.75, 3.05) is 11.1 Å². The molecule has 0 aliphatic carbocycles. The van der Waals surface area contributed by atoms with Crippen LogP contribution in [0.3, 0.4) is 0 Å². The normalized spacial score (nSPS) is 11.6. The quantitative estimate of drug-likeness (QED) is 0.751. The minimum Gasteiger partial charge on any atom is -0.329 e. The summed E-state index contributed by atoms with van der Waals surface area (Å²) >= 11 is 0. The molecule has 0 saturated carbocycles. The van der Waals surface area contributed by atoms with E-state index in [0.29, 0.717) is 16.7 Å². The average Bonchev–Trinajstić information content (AvgIpc) is 2.89. The molecule has 130 valence electrons. The van der Waals surface area contributed by atoms with E-state index < -0.39 is 21.5 Å². The van der Waals surface area contributed by atoms with Crippen LogP contribution in [0.1, 0.15) is 16.7 Å². The molecule has 3 rings (SSSR count). The molecular weight excluding hydrogens is 338 g/mol. The van der Waals surface area contributed by atoms with Gasteiger partial charge in [-0.15, -0.1) is 0 Å². The molecule has 0 unspecified atom stereocenters. The fourth-order valence-corrected chi connectivity index (χ4v) is 3.79. The molecule has 7 heteroatoms. The first-order chi connectivity index (χ1) is 11.7. The zero-order valence-electron chi connectivity index (χ0n) is 14.3. The van der Waals surface area contributed by atoms with Gasteiger partial charge in [-0.05, 0) is 61.7 Å². The molecule has 3 aromatic rings. The molecule has 0 saturated heterocycles. The monoisotopic (exact) mass is 357 g/mol. The van der Waals surface area contributed by atoms with Gasteiger partial charge in [0.2, 0.25) is 20.9 Å². The third-order valence-electron chi connectivity index (χ3n) is 3.74. The number of aromatic amines is 1. The number of carbonyl (C=O) groups excluding carboxylic acids is 1. The number of aromatic nitrogens is 2. The highest BCUT2D eigenvalue weighted by Gasteiger charge is 2.23. The number of carbonyl (C=O) groups is 1. The van der Waals surface area contributed by atoms with Crippen molar-refractivity contribution in [1.29, 1.82) is 0 Å². The van der Waals surface area contributed by atoms with Crippen molar-refractivity contribution in [3.05, 3.63) is 53.1 Å². The van der Waals surface area contributed by atoms with Crippen LogP contribution in [0.5, 0.6) is 0 Å². The highest BCUT2D eigenvalue weighted by Crippen LogP contribution is 2.18. The molecule has 0 aliphatic rings. The number of hydrogen-bond acceptors (Lipinski definition) is 4. The third-order valence-corrected chi connectivity index (χ3v) is 5.16. The first kappa shape index (κ1) is 17.2. The zero-order chi connectivity index (χ0) is 18.2. The van der Waals surface area contributed by atoms with Gasteiger partial charge >= 0.3 is 0 Å². The van der Waals surface area contributed by atoms with E-state index in [2.05, 4.69) is 15.3 Å². The second-order valence-electron chi connectivity index (χ2n) is 6.25. The zero-order valence-corrected chi connectivity index (χ0v) is 15.1. The van der Waals surface area contributed by atoms with E-state index >= 15 is 0 Å². The number of amides is 1. The number of sulfone groups is 1. The van der Waals surface area contributed by atoms with Crippen LogP contribution in [-0.4, -0.2) is 30.0 Å². The Balaban J connectivity index is 1.80. The summed E-state index contributed by atoms with van der Waals surface area (Å²) in [6.45, 7) is 5.73. The first-order valence-corrected chi connectivity index (χ1v) is 9.45. The highest BCUT2D eigenvalue weighted by atomic mass is 32.2. The molecule has 0 radical (unpaired) electrons. The summed E-state index contributed by atoms with van der Waals surface area (Å²) in [5, 5.41) is 2.44. The minimum atomic E-state index is -3.85. The maximum absolute atomic E-state index is 12.5. The number of anilines is 1. The van der Waals surface area contributed by atoms with E-state index in [4.69, 9.17) is 0 Å². The summed E-state index contributed by atoms with van der Waals surface area (Å²) in [4.78, 5) is 19.0. The van der Waals surface area contributed by atoms with Crippen molar-refractivity contribution < 1.29 is 13.2 Å². The molecule has 0 spiro atoms. The van der Waals surface area contributed by atoms with Gasteiger partial charge in [-0.3, -0.25) is 4.79 Å². The smallest absolute Gasteiger partial charge is 0.240 e. The van der Waals surface area contributed by atoms with E-state index in [9.17, 15) is 13.2 Å². The summed E-state index contributed by atoms with van der Waals surface area (Å²) in [6, 6.07) is 11.0. The predicted molar refractivity (Wildman–Crippen MR) is 97.4 cm³/mol. The van der Waals surface area contributed by atoms with Crippen molar-refractivity contribution in [3.8, 4) is 0 Å². The van der Waals surface area contributed by atoms with Crippen LogP contribution in [0.2, 0.25) is 0 Å². The fraction of sp³-hybridized carbons (Fsp3) is 0.222. The van der Waals surface area contributed by atoms with Crippen LogP contribution in [0, 0.1) is 20.8 Å². The van der Waals surface area contributed by atoms with E-state index in [1.165, 1.54) is 0 Å². The van der Waals surface area contributed by atoms with Crippen LogP contribution < -0.4 is 5.32 Å². The van der Waals surface area contributed by atoms with Gasteiger partial charge in [0.1, 0.15) is 5.75 Å². The van der Waals surface area contributed by atoms with Crippen molar-refractivity contribution in [2.24, 2.45) is 0 Å². The first-order valence-electron chi connectivity index (χ1n) is 7.80. The number of fused-ring (bicyclic) bond motifs is 1. The lowest BCUT2D eigenvalue weighted by molar-refractivity contribution is -0.113. The van der Waals surface area contributed by atoms with Gasteiger partial charge in [0.25, 0.3) is 0 Å². The van der Waals surface area contributed by atoms with Gasteiger partial charge < -0.3 is 10.3 Å². The van der Waals surface area contributed by atoms with Gasteiger partial charge in [0, 0.05) is 5.69 Å². The summed E-state index contributed by atoms with van der Waals surface area (Å²) < 4.78 is 24.9. The lowest BCUT2D eigenvalue weighted by atomic mass is 10.1. The van der Waals surface area contributed by atoms with Crippen molar-refractivity contribution in [2.45, 2.75) is 25.9 Å². The Kier molecular flexibility index (Phi) is 4.34. The number of aryl methyl sites for hydroxylation is 3. The third kappa shape index (κ3) is 3.88. The molecule has 0 fully saturated rings. The molecule has 2 N–H and O–H groups in total. The van der Waals surface area contributed by atoms with Gasteiger partial charge in [-0.1, -0.05) is 12.1 Å². The lowest BCUT2D eigenvalue weighted by Crippen LogP contribution is -2.23. The van der Waals surface area contributed by atoms with E-state index in [-0.39, 0.29) is 5.16 Å². The molecule has 1 amide bonds. The van der Waals surface area contributed by atoms with Crippen LogP contribution in [0.4, 0.5) is 5.69 Å². The average molecular weight is 357 g/mol. The summed E-state index contributed by atoms with van der Waals surface area (Å²) in [5.41, 5.74) is 4.74. The van der Waals surface area contributed by atoms with Crippen molar-refractivity contribution >= 4 is 32.5 Å². The second-order valence-corrected chi connectivity index (χ2v) is 8.15. The van der Waals surface area contributed by atoms with Crippen LogP contribution in [0.25, 0.3) is 11.0 Å². The topological polar surface area (TPSA) is 91.9 Å². The van der Waals surface area contributed by atoms with Crippen LogP contribution in [0.15, 0.2) is 41.6 Å². The summed E-state index contributed by atoms with van der Waals surface area (Å²) in [5.74, 6) is -1.26. The van der Waals surface area contributed by atoms with Gasteiger partial charge in [0.15, 0.2) is 0 Å². The van der Waals surface area contributed by atoms with Crippen LogP contribution >= 0.6 is 0 Å². The Bertz CT molecular complexity index is 1050. The number of benzene rings is 2. The maximum Gasteiger partial charge on any atom is 0.240 e. The van der Waals surface area contributed by atoms with Gasteiger partial charge in [0.05, 0.1) is 11.0 Å². The lowest BCUT2D eigenvalue weighted by Gasteiger charge is -2.07. The second kappa shape index (κ2) is 6.33. The number of hydrogen-bond donors (Lipinski definition) is 2. The van der Waals surface area contributed by atoms with Gasteiger partial charge in [-0.2, -0.15) is 0 Å².